The number of benzene rings is 1. The molecule has 196 valence electrons. The summed E-state index contributed by atoms with van der Waals surface area (Å²) in [6, 6.07) is 5.39. The van der Waals surface area contributed by atoms with Crippen molar-refractivity contribution in [2.24, 2.45) is 0 Å². The Morgan fingerprint density at radius 2 is 1.92 bits per heavy atom. The van der Waals surface area contributed by atoms with Gasteiger partial charge in [0.15, 0.2) is 0 Å². The van der Waals surface area contributed by atoms with Crippen molar-refractivity contribution in [2.45, 2.75) is 85.2 Å². The van der Waals surface area contributed by atoms with E-state index in [0.717, 1.165) is 22.5 Å². The molecule has 10 nitrogen and oxygen atoms in total. The lowest BCUT2D eigenvalue weighted by Crippen LogP contribution is -2.45. The Bertz CT molecular complexity index is 1100. The molecule has 2 aromatic rings. The molecule has 0 spiro atoms. The van der Waals surface area contributed by atoms with Crippen molar-refractivity contribution in [1.29, 1.82) is 0 Å². The molecule has 2 atom stereocenters. The highest BCUT2D eigenvalue weighted by molar-refractivity contribution is 5.94. The summed E-state index contributed by atoms with van der Waals surface area (Å²) in [5, 5.41) is 5.69. The van der Waals surface area contributed by atoms with Crippen LogP contribution in [0.15, 0.2) is 30.7 Å². The molecule has 3 rings (SSSR count). The fourth-order valence-corrected chi connectivity index (χ4v) is 4.26. The second kappa shape index (κ2) is 11.0. The summed E-state index contributed by atoms with van der Waals surface area (Å²) >= 11 is 0. The summed E-state index contributed by atoms with van der Waals surface area (Å²) in [4.78, 5) is 42.9. The predicted molar refractivity (Wildman–Crippen MR) is 137 cm³/mol. The first-order chi connectivity index (χ1) is 16.8. The molecule has 1 aliphatic heterocycles. The number of imidazole rings is 1. The number of nitrogens with zero attached hydrogens (tertiary/aromatic N) is 3. The van der Waals surface area contributed by atoms with Gasteiger partial charge in [0.2, 0.25) is 5.91 Å². The number of fused-ring (bicyclic) bond motifs is 1. The maximum Gasteiger partial charge on any atom is 0.407 e. The summed E-state index contributed by atoms with van der Waals surface area (Å²) < 4.78 is 12.4. The molecule has 0 aliphatic carbocycles. The first-order valence-corrected chi connectivity index (χ1v) is 12.2. The van der Waals surface area contributed by atoms with Crippen LogP contribution in [0.4, 0.5) is 15.3 Å². The predicted octanol–water partition coefficient (Wildman–Crippen LogP) is 4.40. The van der Waals surface area contributed by atoms with E-state index in [0.29, 0.717) is 19.5 Å². The Morgan fingerprint density at radius 3 is 2.56 bits per heavy atom. The van der Waals surface area contributed by atoms with E-state index in [1.807, 2.05) is 56.7 Å². The molecule has 1 aromatic carbocycles. The van der Waals surface area contributed by atoms with Crippen LogP contribution in [0.2, 0.25) is 0 Å². The Hall–Kier alpha value is -3.56. The van der Waals surface area contributed by atoms with Crippen LogP contribution in [0.25, 0.3) is 11.3 Å². The lowest BCUT2D eigenvalue weighted by atomic mass is 9.90. The third kappa shape index (κ3) is 6.99. The Morgan fingerprint density at radius 1 is 1.19 bits per heavy atom. The molecule has 0 fully saturated rings. The number of aromatic nitrogens is 2. The minimum atomic E-state index is -0.549. The maximum atomic E-state index is 12.4. The third-order valence-electron chi connectivity index (χ3n) is 5.62. The second-order valence-electron chi connectivity index (χ2n) is 10.3. The van der Waals surface area contributed by atoms with Crippen molar-refractivity contribution >= 4 is 23.8 Å². The Labute approximate surface area is 212 Å². The Kier molecular flexibility index (Phi) is 8.27. The highest BCUT2D eigenvalue weighted by atomic mass is 16.6. The summed E-state index contributed by atoms with van der Waals surface area (Å²) in [5.74, 6) is -0.0542. The number of alkyl carbamates (subject to hydrolysis) is 2. The van der Waals surface area contributed by atoms with Crippen LogP contribution in [-0.4, -0.2) is 51.9 Å². The van der Waals surface area contributed by atoms with Gasteiger partial charge in [0.05, 0.1) is 24.2 Å². The number of rotatable bonds is 6. The number of ether oxygens (including phenoxy) is 2. The topological polar surface area (TPSA) is 115 Å². The van der Waals surface area contributed by atoms with E-state index in [4.69, 9.17) is 9.47 Å². The summed E-state index contributed by atoms with van der Waals surface area (Å²) in [6.07, 6.45) is 2.97. The smallest absolute Gasteiger partial charge is 0.407 e. The van der Waals surface area contributed by atoms with E-state index in [-0.39, 0.29) is 24.1 Å². The van der Waals surface area contributed by atoms with Gasteiger partial charge >= 0.3 is 12.2 Å². The minimum Gasteiger partial charge on any atom is -0.447 e. The first kappa shape index (κ1) is 27.0. The van der Waals surface area contributed by atoms with Gasteiger partial charge in [-0.3, -0.25) is 4.79 Å². The normalized spacial score (nSPS) is 17.4. The van der Waals surface area contributed by atoms with Crippen LogP contribution in [0.3, 0.4) is 0 Å². The summed E-state index contributed by atoms with van der Waals surface area (Å²) in [6.45, 7) is 13.5. The Balaban J connectivity index is 1.78. The van der Waals surface area contributed by atoms with Crippen molar-refractivity contribution in [2.75, 3.05) is 11.4 Å². The van der Waals surface area contributed by atoms with Gasteiger partial charge in [-0.15, -0.1) is 0 Å². The molecule has 2 heterocycles. The molecule has 10 heteroatoms. The molecule has 0 unspecified atom stereocenters. The fraction of sp³-hybridized carbons (Fsp3) is 0.538. The molecule has 0 saturated carbocycles. The number of nitrogens with one attached hydrogen (secondary N) is 2. The first-order valence-electron chi connectivity index (χ1n) is 12.2. The number of carbonyl (C=O) groups excluding carboxylic acids is 3. The number of amides is 3. The number of hydrogen-bond donors (Lipinski definition) is 2. The molecular weight excluding hydrogens is 462 g/mol. The van der Waals surface area contributed by atoms with Crippen LogP contribution >= 0.6 is 0 Å². The molecular formula is C26H37N5O5. The zero-order chi connectivity index (χ0) is 26.6. The van der Waals surface area contributed by atoms with Crippen LogP contribution < -0.4 is 15.5 Å². The lowest BCUT2D eigenvalue weighted by molar-refractivity contribution is -0.117. The minimum absolute atomic E-state index is 0.0542. The highest BCUT2D eigenvalue weighted by Gasteiger charge is 2.34. The van der Waals surface area contributed by atoms with E-state index in [9.17, 15) is 14.4 Å². The average molecular weight is 500 g/mol. The number of hydrogen-bond acceptors (Lipinski definition) is 6. The van der Waals surface area contributed by atoms with Gasteiger partial charge in [-0.05, 0) is 65.7 Å². The van der Waals surface area contributed by atoms with E-state index in [2.05, 4.69) is 15.6 Å². The molecule has 3 amide bonds. The molecule has 2 N–H and O–H groups in total. The number of anilines is 1. The van der Waals surface area contributed by atoms with Crippen LogP contribution in [0.1, 0.15) is 66.5 Å². The highest BCUT2D eigenvalue weighted by Crippen LogP contribution is 2.39. The van der Waals surface area contributed by atoms with Crippen LogP contribution in [0.5, 0.6) is 0 Å². The molecule has 1 aliphatic rings. The van der Waals surface area contributed by atoms with Crippen molar-refractivity contribution in [3.8, 4) is 11.3 Å². The second-order valence-corrected chi connectivity index (χ2v) is 10.3. The molecule has 0 bridgehead atoms. The van der Waals surface area contributed by atoms with Gasteiger partial charge in [0, 0.05) is 43.5 Å². The van der Waals surface area contributed by atoms with Gasteiger partial charge < -0.3 is 29.6 Å². The SMILES string of the molecule is CC(=O)N1c2ccc(-c3cn(CCNC(=O)OC(C)(C)C)cn3)cc2[C@H](NC(=O)OC(C)C)C[C@@H]1C. The van der Waals surface area contributed by atoms with Crippen molar-refractivity contribution in [3.63, 3.8) is 0 Å². The average Bonchev–Trinajstić information content (AvgIpc) is 3.20. The van der Waals surface area contributed by atoms with Crippen LogP contribution in [-0.2, 0) is 20.8 Å². The molecule has 1 aromatic heterocycles. The van der Waals surface area contributed by atoms with Crippen molar-refractivity contribution in [1.82, 2.24) is 20.2 Å². The molecule has 0 radical (unpaired) electrons. The van der Waals surface area contributed by atoms with Crippen molar-refractivity contribution < 1.29 is 23.9 Å². The van der Waals surface area contributed by atoms with E-state index in [1.54, 1.807) is 32.0 Å². The molecule has 36 heavy (non-hydrogen) atoms. The van der Waals surface area contributed by atoms with E-state index in [1.165, 1.54) is 0 Å². The largest absolute Gasteiger partial charge is 0.447 e. The summed E-state index contributed by atoms with van der Waals surface area (Å²) in [5.41, 5.74) is 2.65. The van der Waals surface area contributed by atoms with Crippen LogP contribution in [0, 0.1) is 0 Å². The number of carbonyl (C=O) groups is 3. The molecule has 0 saturated heterocycles. The van der Waals surface area contributed by atoms with E-state index < -0.39 is 17.8 Å². The van der Waals surface area contributed by atoms with Gasteiger partial charge in [0.1, 0.15) is 5.60 Å². The third-order valence-corrected chi connectivity index (χ3v) is 5.62. The van der Waals surface area contributed by atoms with Gasteiger partial charge in [-0.1, -0.05) is 6.07 Å². The standard InChI is InChI=1S/C26H37N5O5/c1-16(2)35-25(34)29-21-12-17(3)31(18(4)32)23-9-8-19(13-20(21)23)22-14-30(15-28-22)11-10-27-24(33)36-26(5,6)7/h8-9,13-17,21H,10-12H2,1-7H3,(H,27,33)(H,29,34)/t17-,21+/m0/s1. The fourth-order valence-electron chi connectivity index (χ4n) is 4.26. The zero-order valence-corrected chi connectivity index (χ0v) is 22.1. The quantitative estimate of drug-likeness (QED) is 0.609. The van der Waals surface area contributed by atoms with Gasteiger partial charge in [-0.2, -0.15) is 0 Å². The monoisotopic (exact) mass is 499 g/mol. The zero-order valence-electron chi connectivity index (χ0n) is 22.1. The maximum absolute atomic E-state index is 12.4. The van der Waals surface area contributed by atoms with Gasteiger partial charge in [0.25, 0.3) is 0 Å². The van der Waals surface area contributed by atoms with E-state index >= 15 is 0 Å². The van der Waals surface area contributed by atoms with Gasteiger partial charge in [-0.25, -0.2) is 14.6 Å². The summed E-state index contributed by atoms with van der Waals surface area (Å²) in [7, 11) is 0. The lowest BCUT2D eigenvalue weighted by Gasteiger charge is -2.39. The van der Waals surface area contributed by atoms with Crippen molar-refractivity contribution in [3.05, 3.63) is 36.3 Å².